The van der Waals surface area contributed by atoms with Crippen LogP contribution in [0.1, 0.15) is 20.9 Å². The normalized spacial score (nSPS) is 10.4. The highest BCUT2D eigenvalue weighted by Gasteiger charge is 2.20. The lowest BCUT2D eigenvalue weighted by atomic mass is 10.1. The Balaban J connectivity index is 1.91. The molecule has 0 spiro atoms. The number of hydrogen-bond acceptors (Lipinski definition) is 3. The molecule has 0 aliphatic heterocycles. The minimum atomic E-state index is -0.531. The fourth-order valence-corrected chi connectivity index (χ4v) is 3.00. The molecule has 0 saturated heterocycles. The Morgan fingerprint density at radius 3 is 2.35 bits per heavy atom. The van der Waals surface area contributed by atoms with E-state index < -0.39 is 11.8 Å². The van der Waals surface area contributed by atoms with Gasteiger partial charge in [0.05, 0.1) is 22.5 Å². The van der Waals surface area contributed by atoms with E-state index >= 15 is 0 Å². The molecule has 0 bridgehead atoms. The number of furan rings is 1. The van der Waals surface area contributed by atoms with Crippen LogP contribution in [0.2, 0.25) is 10.0 Å². The summed E-state index contributed by atoms with van der Waals surface area (Å²) in [5.41, 5.74) is 0.856. The van der Waals surface area contributed by atoms with Crippen molar-refractivity contribution in [1.29, 1.82) is 0 Å². The molecule has 26 heavy (non-hydrogen) atoms. The zero-order valence-corrected chi connectivity index (χ0v) is 16.2. The third-order valence-electron chi connectivity index (χ3n) is 3.39. The summed E-state index contributed by atoms with van der Waals surface area (Å²) < 4.78 is 5.93. The molecule has 1 heterocycles. The third-order valence-corrected chi connectivity index (χ3v) is 4.43. The maximum atomic E-state index is 12.7. The monoisotopic (exact) mass is 452 g/mol. The standard InChI is InChI=1S/C18H11BrCl2N2O3/c19-10-3-5-12(6-4-10)22-17(24)13-8-11(20)9-14(21)16(13)23-18(25)15-2-1-7-26-15/h1-9H,(H,22,24)(H,23,25). The van der Waals surface area contributed by atoms with E-state index in [2.05, 4.69) is 26.6 Å². The average Bonchev–Trinajstić information content (AvgIpc) is 3.13. The molecule has 2 N–H and O–H groups in total. The van der Waals surface area contributed by atoms with Gasteiger partial charge in [0.1, 0.15) is 0 Å². The Morgan fingerprint density at radius 1 is 0.962 bits per heavy atom. The van der Waals surface area contributed by atoms with Crippen LogP contribution in [0.15, 0.2) is 63.7 Å². The summed E-state index contributed by atoms with van der Waals surface area (Å²) in [4.78, 5) is 24.9. The maximum absolute atomic E-state index is 12.7. The molecule has 5 nitrogen and oxygen atoms in total. The summed E-state index contributed by atoms with van der Waals surface area (Å²) in [5, 5.41) is 5.74. The van der Waals surface area contributed by atoms with Crippen molar-refractivity contribution in [2.45, 2.75) is 0 Å². The lowest BCUT2D eigenvalue weighted by molar-refractivity contribution is 0.0996. The van der Waals surface area contributed by atoms with E-state index in [0.29, 0.717) is 5.69 Å². The van der Waals surface area contributed by atoms with Crippen LogP contribution < -0.4 is 10.6 Å². The van der Waals surface area contributed by atoms with Crippen LogP contribution in [0, 0.1) is 0 Å². The topological polar surface area (TPSA) is 71.3 Å². The highest BCUT2D eigenvalue weighted by Crippen LogP contribution is 2.31. The van der Waals surface area contributed by atoms with E-state index in [1.807, 2.05) is 0 Å². The van der Waals surface area contributed by atoms with E-state index in [1.165, 1.54) is 24.5 Å². The third kappa shape index (κ3) is 4.27. The number of carbonyl (C=O) groups is 2. The van der Waals surface area contributed by atoms with Crippen molar-refractivity contribution in [2.24, 2.45) is 0 Å². The Hall–Kier alpha value is -2.28. The van der Waals surface area contributed by atoms with Gasteiger partial charge in [-0.2, -0.15) is 0 Å². The van der Waals surface area contributed by atoms with E-state index in [9.17, 15) is 9.59 Å². The van der Waals surface area contributed by atoms with Crippen molar-refractivity contribution >= 4 is 62.3 Å². The largest absolute Gasteiger partial charge is 0.459 e. The first-order valence-electron chi connectivity index (χ1n) is 7.35. The second kappa shape index (κ2) is 7.95. The maximum Gasteiger partial charge on any atom is 0.291 e. The van der Waals surface area contributed by atoms with Crippen molar-refractivity contribution < 1.29 is 14.0 Å². The molecule has 2 aromatic carbocycles. The summed E-state index contributed by atoms with van der Waals surface area (Å²) in [6.07, 6.45) is 1.37. The molecular weight excluding hydrogens is 443 g/mol. The summed E-state index contributed by atoms with van der Waals surface area (Å²) in [5.74, 6) is -0.904. The molecule has 0 aliphatic carbocycles. The molecule has 0 fully saturated rings. The van der Waals surface area contributed by atoms with Gasteiger partial charge in [0.2, 0.25) is 0 Å². The van der Waals surface area contributed by atoms with Crippen LogP contribution >= 0.6 is 39.1 Å². The van der Waals surface area contributed by atoms with Gasteiger partial charge in [0, 0.05) is 15.2 Å². The Bertz CT molecular complexity index is 957. The number of anilines is 2. The number of rotatable bonds is 4. The molecule has 0 unspecified atom stereocenters. The van der Waals surface area contributed by atoms with E-state index in [-0.39, 0.29) is 27.1 Å². The number of nitrogens with one attached hydrogen (secondary N) is 2. The predicted octanol–water partition coefficient (Wildman–Crippen LogP) is 5.85. The minimum absolute atomic E-state index is 0.0929. The van der Waals surface area contributed by atoms with Gasteiger partial charge < -0.3 is 15.1 Å². The molecule has 1 aromatic heterocycles. The number of halogens is 3. The van der Waals surface area contributed by atoms with E-state index in [1.54, 1.807) is 30.3 Å². The summed E-state index contributed by atoms with van der Waals surface area (Å²) in [6, 6.07) is 13.0. The Morgan fingerprint density at radius 2 is 1.69 bits per heavy atom. The Kier molecular flexibility index (Phi) is 5.66. The first-order chi connectivity index (χ1) is 12.4. The molecule has 0 aliphatic rings. The fraction of sp³-hybridized carbons (Fsp3) is 0. The van der Waals surface area contributed by atoms with Crippen LogP contribution in [0.5, 0.6) is 0 Å². The summed E-state index contributed by atoms with van der Waals surface area (Å²) in [7, 11) is 0. The highest BCUT2D eigenvalue weighted by molar-refractivity contribution is 9.10. The smallest absolute Gasteiger partial charge is 0.291 e. The Labute approximate surface area is 167 Å². The van der Waals surface area contributed by atoms with Gasteiger partial charge in [-0.25, -0.2) is 0 Å². The van der Waals surface area contributed by atoms with E-state index in [4.69, 9.17) is 27.6 Å². The first kappa shape index (κ1) is 18.5. The van der Waals surface area contributed by atoms with Gasteiger partial charge in [0.25, 0.3) is 11.8 Å². The van der Waals surface area contributed by atoms with Crippen LogP contribution in [0.3, 0.4) is 0 Å². The average molecular weight is 454 g/mol. The second-order valence-electron chi connectivity index (χ2n) is 5.20. The van der Waals surface area contributed by atoms with E-state index in [0.717, 1.165) is 4.47 Å². The van der Waals surface area contributed by atoms with Crippen molar-refractivity contribution in [3.8, 4) is 0 Å². The van der Waals surface area contributed by atoms with Gasteiger partial charge in [-0.3, -0.25) is 9.59 Å². The van der Waals surface area contributed by atoms with Gasteiger partial charge >= 0.3 is 0 Å². The van der Waals surface area contributed by atoms with Crippen LogP contribution in [0.4, 0.5) is 11.4 Å². The lowest BCUT2D eigenvalue weighted by Gasteiger charge is -2.13. The molecule has 132 valence electrons. The number of benzene rings is 2. The summed E-state index contributed by atoms with van der Waals surface area (Å²) >= 11 is 15.5. The van der Waals surface area contributed by atoms with Gasteiger partial charge in [0.15, 0.2) is 5.76 Å². The van der Waals surface area contributed by atoms with Crippen LogP contribution in [-0.2, 0) is 0 Å². The quantitative estimate of drug-likeness (QED) is 0.520. The second-order valence-corrected chi connectivity index (χ2v) is 6.96. The molecule has 2 amide bonds. The van der Waals surface area contributed by atoms with Crippen molar-refractivity contribution in [3.05, 3.63) is 80.6 Å². The lowest BCUT2D eigenvalue weighted by Crippen LogP contribution is -2.18. The van der Waals surface area contributed by atoms with Crippen LogP contribution in [0.25, 0.3) is 0 Å². The van der Waals surface area contributed by atoms with Gasteiger partial charge in [-0.15, -0.1) is 0 Å². The molecular formula is C18H11BrCl2N2O3. The summed E-state index contributed by atoms with van der Waals surface area (Å²) in [6.45, 7) is 0. The zero-order valence-electron chi connectivity index (χ0n) is 13.1. The first-order valence-corrected chi connectivity index (χ1v) is 8.90. The molecule has 8 heteroatoms. The molecule has 3 aromatic rings. The SMILES string of the molecule is O=C(Nc1c(Cl)cc(Cl)cc1C(=O)Nc1ccc(Br)cc1)c1ccco1. The van der Waals surface area contributed by atoms with Gasteiger partial charge in [-0.1, -0.05) is 39.1 Å². The fourth-order valence-electron chi connectivity index (χ4n) is 2.19. The molecule has 0 radical (unpaired) electrons. The van der Waals surface area contributed by atoms with Crippen molar-refractivity contribution in [1.82, 2.24) is 0 Å². The minimum Gasteiger partial charge on any atom is -0.459 e. The highest BCUT2D eigenvalue weighted by atomic mass is 79.9. The van der Waals surface area contributed by atoms with Crippen LogP contribution in [-0.4, -0.2) is 11.8 Å². The molecule has 0 atom stereocenters. The number of carbonyl (C=O) groups excluding carboxylic acids is 2. The van der Waals surface area contributed by atoms with Crippen molar-refractivity contribution in [3.63, 3.8) is 0 Å². The molecule has 3 rings (SSSR count). The number of hydrogen-bond donors (Lipinski definition) is 2. The molecule has 0 saturated carbocycles. The van der Waals surface area contributed by atoms with Gasteiger partial charge in [-0.05, 0) is 48.5 Å². The number of amides is 2. The zero-order chi connectivity index (χ0) is 18.7. The predicted molar refractivity (Wildman–Crippen MR) is 105 cm³/mol. The van der Waals surface area contributed by atoms with Crippen molar-refractivity contribution in [2.75, 3.05) is 10.6 Å².